The summed E-state index contributed by atoms with van der Waals surface area (Å²) in [6.07, 6.45) is 1.15. The highest BCUT2D eigenvalue weighted by Gasteiger charge is 2.42. The van der Waals surface area contributed by atoms with Crippen molar-refractivity contribution in [3.8, 4) is 0 Å². The third-order valence-electron chi connectivity index (χ3n) is 3.43. The Morgan fingerprint density at radius 3 is 2.83 bits per heavy atom. The molecular weight excluding hydrogens is 233 g/mol. The van der Waals surface area contributed by atoms with Crippen molar-refractivity contribution in [3.63, 3.8) is 0 Å². The molecule has 0 heterocycles. The lowest BCUT2D eigenvalue weighted by Crippen LogP contribution is -2.56. The predicted octanol–water partition coefficient (Wildman–Crippen LogP) is 2.74. The molecule has 4 heteroatoms. The van der Waals surface area contributed by atoms with E-state index in [9.17, 15) is 4.39 Å². The van der Waals surface area contributed by atoms with E-state index in [1.54, 1.807) is 13.2 Å². The fraction of sp³-hybridized carbons (Fsp3) is 0.571. The molecule has 1 aromatic carbocycles. The van der Waals surface area contributed by atoms with E-state index in [4.69, 9.17) is 9.47 Å². The largest absolute Gasteiger partial charge is 0.379 e. The average molecular weight is 253 g/mol. The van der Waals surface area contributed by atoms with Crippen LogP contribution in [0.2, 0.25) is 0 Å². The van der Waals surface area contributed by atoms with Crippen molar-refractivity contribution in [3.05, 3.63) is 29.6 Å². The zero-order valence-electron chi connectivity index (χ0n) is 11.1. The van der Waals surface area contributed by atoms with Crippen LogP contribution in [0.15, 0.2) is 18.2 Å². The lowest BCUT2D eigenvalue weighted by atomic mass is 9.85. The molecule has 1 aliphatic carbocycles. The Balaban J connectivity index is 1.98. The Kier molecular flexibility index (Phi) is 4.19. The molecular formula is C14H20FNO2. The summed E-state index contributed by atoms with van der Waals surface area (Å²) in [7, 11) is 1.70. The van der Waals surface area contributed by atoms with Gasteiger partial charge in [-0.05, 0) is 44.0 Å². The maximum Gasteiger partial charge on any atom is 0.123 e. The zero-order valence-corrected chi connectivity index (χ0v) is 11.1. The lowest BCUT2D eigenvalue weighted by molar-refractivity contribution is -0.118. The maximum absolute atomic E-state index is 13.0. The summed E-state index contributed by atoms with van der Waals surface area (Å²) in [4.78, 5) is 0. The summed E-state index contributed by atoms with van der Waals surface area (Å²) in [5.41, 5.74) is 1.86. The lowest BCUT2D eigenvalue weighted by Gasteiger charge is -2.44. The Bertz CT molecular complexity index is 411. The van der Waals surface area contributed by atoms with E-state index in [2.05, 4.69) is 5.32 Å². The highest BCUT2D eigenvalue weighted by Crippen LogP contribution is 2.30. The monoisotopic (exact) mass is 253 g/mol. The number of methoxy groups -OCH3 is 1. The number of aryl methyl sites for hydroxylation is 1. The van der Waals surface area contributed by atoms with Gasteiger partial charge in [-0.25, -0.2) is 4.39 Å². The van der Waals surface area contributed by atoms with Crippen LogP contribution in [0.4, 0.5) is 10.1 Å². The number of hydrogen-bond acceptors (Lipinski definition) is 3. The third-order valence-corrected chi connectivity index (χ3v) is 3.43. The van der Waals surface area contributed by atoms with Gasteiger partial charge in [0.1, 0.15) is 11.9 Å². The summed E-state index contributed by atoms with van der Waals surface area (Å²) in [5.74, 6) is -0.206. The molecule has 2 rings (SSSR count). The van der Waals surface area contributed by atoms with Crippen molar-refractivity contribution in [1.29, 1.82) is 0 Å². The van der Waals surface area contributed by atoms with Gasteiger partial charge in [-0.1, -0.05) is 0 Å². The van der Waals surface area contributed by atoms with E-state index in [-0.39, 0.29) is 24.1 Å². The first-order valence-corrected chi connectivity index (χ1v) is 6.32. The van der Waals surface area contributed by atoms with Gasteiger partial charge in [-0.3, -0.25) is 0 Å². The Morgan fingerprint density at radius 2 is 2.22 bits per heavy atom. The van der Waals surface area contributed by atoms with Gasteiger partial charge in [-0.2, -0.15) is 0 Å². The van der Waals surface area contributed by atoms with E-state index in [0.717, 1.165) is 17.7 Å². The Morgan fingerprint density at radius 1 is 1.44 bits per heavy atom. The van der Waals surface area contributed by atoms with Gasteiger partial charge in [0, 0.05) is 19.4 Å². The molecule has 1 N–H and O–H groups in total. The molecule has 1 aromatic rings. The van der Waals surface area contributed by atoms with Crippen molar-refractivity contribution in [1.82, 2.24) is 0 Å². The molecule has 0 radical (unpaired) electrons. The quantitative estimate of drug-likeness (QED) is 0.875. The van der Waals surface area contributed by atoms with E-state index in [1.807, 2.05) is 13.8 Å². The number of halogens is 1. The Labute approximate surface area is 107 Å². The second kappa shape index (κ2) is 5.67. The highest BCUT2D eigenvalue weighted by molar-refractivity contribution is 5.52. The number of anilines is 1. The van der Waals surface area contributed by atoms with Crippen LogP contribution >= 0.6 is 0 Å². The van der Waals surface area contributed by atoms with E-state index >= 15 is 0 Å². The van der Waals surface area contributed by atoms with E-state index < -0.39 is 0 Å². The van der Waals surface area contributed by atoms with Crippen LogP contribution in [0.25, 0.3) is 0 Å². The molecule has 0 bridgehead atoms. The van der Waals surface area contributed by atoms with Crippen molar-refractivity contribution in [2.24, 2.45) is 0 Å². The molecule has 3 nitrogen and oxygen atoms in total. The number of benzene rings is 1. The minimum absolute atomic E-state index is 0.0643. The zero-order chi connectivity index (χ0) is 13.1. The minimum Gasteiger partial charge on any atom is -0.379 e. The molecule has 0 amide bonds. The number of ether oxygens (including phenoxy) is 2. The molecule has 1 saturated carbocycles. The molecule has 100 valence electrons. The molecule has 3 unspecified atom stereocenters. The fourth-order valence-corrected chi connectivity index (χ4v) is 2.40. The summed E-state index contributed by atoms with van der Waals surface area (Å²) in [6, 6.07) is 5.00. The topological polar surface area (TPSA) is 30.5 Å². The van der Waals surface area contributed by atoms with E-state index in [0.29, 0.717) is 6.61 Å². The summed E-state index contributed by atoms with van der Waals surface area (Å²) >= 11 is 0. The summed E-state index contributed by atoms with van der Waals surface area (Å²) in [5, 5.41) is 3.39. The van der Waals surface area contributed by atoms with Gasteiger partial charge >= 0.3 is 0 Å². The van der Waals surface area contributed by atoms with Gasteiger partial charge in [0.15, 0.2) is 0 Å². The first kappa shape index (κ1) is 13.3. The molecule has 18 heavy (non-hydrogen) atoms. The van der Waals surface area contributed by atoms with Gasteiger partial charge in [0.25, 0.3) is 0 Å². The number of nitrogens with one attached hydrogen (secondary N) is 1. The van der Waals surface area contributed by atoms with Crippen LogP contribution in [0.5, 0.6) is 0 Å². The van der Waals surface area contributed by atoms with Crippen molar-refractivity contribution < 1.29 is 13.9 Å². The summed E-state index contributed by atoms with van der Waals surface area (Å²) < 4.78 is 24.0. The van der Waals surface area contributed by atoms with Crippen LogP contribution < -0.4 is 5.32 Å². The van der Waals surface area contributed by atoms with Gasteiger partial charge in [0.05, 0.1) is 12.1 Å². The highest BCUT2D eigenvalue weighted by atomic mass is 19.1. The van der Waals surface area contributed by atoms with Gasteiger partial charge < -0.3 is 14.8 Å². The van der Waals surface area contributed by atoms with Crippen LogP contribution in [-0.4, -0.2) is 32.0 Å². The average Bonchev–Trinajstić information content (AvgIpc) is 2.31. The van der Waals surface area contributed by atoms with Crippen LogP contribution in [-0.2, 0) is 9.47 Å². The number of hydrogen-bond donors (Lipinski definition) is 1. The number of rotatable bonds is 5. The van der Waals surface area contributed by atoms with Crippen LogP contribution in [0.1, 0.15) is 18.9 Å². The first-order chi connectivity index (χ1) is 8.65. The van der Waals surface area contributed by atoms with Crippen LogP contribution in [0, 0.1) is 12.7 Å². The molecule has 0 aromatic heterocycles. The maximum atomic E-state index is 13.0. The molecule has 1 fully saturated rings. The molecule has 3 atom stereocenters. The van der Waals surface area contributed by atoms with Gasteiger partial charge in [0.2, 0.25) is 0 Å². The van der Waals surface area contributed by atoms with E-state index in [1.165, 1.54) is 12.1 Å². The van der Waals surface area contributed by atoms with Crippen molar-refractivity contribution in [2.75, 3.05) is 19.0 Å². The smallest absolute Gasteiger partial charge is 0.123 e. The van der Waals surface area contributed by atoms with Crippen LogP contribution in [0.3, 0.4) is 0 Å². The third kappa shape index (κ3) is 2.65. The van der Waals surface area contributed by atoms with Crippen molar-refractivity contribution >= 4 is 5.69 Å². The molecule has 1 aliphatic rings. The minimum atomic E-state index is -0.206. The normalized spacial score (nSPS) is 26.8. The second-order valence-corrected chi connectivity index (χ2v) is 4.64. The fourth-order valence-electron chi connectivity index (χ4n) is 2.40. The van der Waals surface area contributed by atoms with Gasteiger partial charge in [-0.15, -0.1) is 0 Å². The molecule has 0 saturated heterocycles. The first-order valence-electron chi connectivity index (χ1n) is 6.32. The second-order valence-electron chi connectivity index (χ2n) is 4.64. The molecule has 0 aliphatic heterocycles. The molecule has 0 spiro atoms. The SMILES string of the molecule is CCOC1CC(Nc2ccc(F)cc2C)C1OC. The predicted molar refractivity (Wildman–Crippen MR) is 69.4 cm³/mol. The summed E-state index contributed by atoms with van der Waals surface area (Å²) in [6.45, 7) is 4.58. The van der Waals surface area contributed by atoms with Crippen molar-refractivity contribution in [2.45, 2.75) is 38.5 Å². The Hall–Kier alpha value is -1.13. The standard InChI is InChI=1S/C14H20FNO2/c1-4-18-13-8-12(14(13)17-3)16-11-6-5-10(15)7-9(11)2/h5-7,12-14,16H,4,8H2,1-3H3.